The summed E-state index contributed by atoms with van der Waals surface area (Å²) in [6, 6.07) is 8.07. The van der Waals surface area contributed by atoms with Gasteiger partial charge in [0.15, 0.2) is 5.03 Å². The topological polar surface area (TPSA) is 120 Å². The summed E-state index contributed by atoms with van der Waals surface area (Å²) in [5.41, 5.74) is 4.87. The van der Waals surface area contributed by atoms with E-state index in [0.717, 1.165) is 6.07 Å². The first-order valence-electron chi connectivity index (χ1n) is 6.72. The zero-order chi connectivity index (χ0) is 17.9. The van der Waals surface area contributed by atoms with Gasteiger partial charge in [0.2, 0.25) is 9.84 Å². The van der Waals surface area contributed by atoms with Crippen LogP contribution in [0.2, 0.25) is 0 Å². The van der Waals surface area contributed by atoms with E-state index in [9.17, 15) is 18.0 Å². The molecule has 0 spiro atoms. The third-order valence-corrected chi connectivity index (χ3v) is 4.71. The summed E-state index contributed by atoms with van der Waals surface area (Å²) < 4.78 is 30.3. The zero-order valence-electron chi connectivity index (χ0n) is 13.0. The minimum Gasteiger partial charge on any atom is -0.410 e. The lowest BCUT2D eigenvalue weighted by molar-refractivity contribution is 0.0823. The highest BCUT2D eigenvalue weighted by Crippen LogP contribution is 2.25. The van der Waals surface area contributed by atoms with Crippen LogP contribution in [0.4, 0.5) is 4.79 Å². The minimum atomic E-state index is -4.10. The number of pyridine rings is 1. The van der Waals surface area contributed by atoms with Crippen LogP contribution in [-0.4, -0.2) is 44.4 Å². The van der Waals surface area contributed by atoms with Crippen LogP contribution in [0.1, 0.15) is 10.4 Å². The molecule has 8 nitrogen and oxygen atoms in total. The first-order chi connectivity index (χ1) is 11.2. The predicted molar refractivity (Wildman–Crippen MR) is 84.4 cm³/mol. The maximum absolute atomic E-state index is 12.8. The van der Waals surface area contributed by atoms with Gasteiger partial charge in [0.1, 0.15) is 5.75 Å². The first kappa shape index (κ1) is 17.4. The van der Waals surface area contributed by atoms with Crippen molar-refractivity contribution in [1.29, 1.82) is 0 Å². The third-order valence-electron chi connectivity index (χ3n) is 3.00. The molecule has 0 aliphatic carbocycles. The second kappa shape index (κ2) is 6.67. The van der Waals surface area contributed by atoms with Gasteiger partial charge in [-0.15, -0.1) is 0 Å². The summed E-state index contributed by atoms with van der Waals surface area (Å²) in [7, 11) is -1.08. The Kier molecular flexibility index (Phi) is 4.84. The number of carbonyl (C=O) groups is 2. The van der Waals surface area contributed by atoms with E-state index in [1.165, 1.54) is 55.5 Å². The number of hydrogen-bond donors (Lipinski definition) is 1. The van der Waals surface area contributed by atoms with Gasteiger partial charge in [0, 0.05) is 26.4 Å². The van der Waals surface area contributed by atoms with Crippen LogP contribution in [0.25, 0.3) is 0 Å². The van der Waals surface area contributed by atoms with Crippen LogP contribution >= 0.6 is 0 Å². The number of carbonyl (C=O) groups excluding carboxylic acids is 2. The average Bonchev–Trinajstić information content (AvgIpc) is 2.53. The number of ether oxygens (including phenoxy) is 1. The molecule has 0 radical (unpaired) electrons. The lowest BCUT2D eigenvalue weighted by atomic mass is 10.2. The van der Waals surface area contributed by atoms with Gasteiger partial charge in [-0.2, -0.15) is 0 Å². The summed E-state index contributed by atoms with van der Waals surface area (Å²) in [5, 5.41) is -0.375. The Hall–Kier alpha value is -2.94. The standard InChI is InChI=1S/C15H15N3O5S/c1-18(2)14(19)12-7-4-8-17-13(12)24(21,22)11-6-3-5-10(9-11)23-15(16)20/h3-9H,1-2H3,(H2,16,20). The number of hydrogen-bond acceptors (Lipinski definition) is 6. The van der Waals surface area contributed by atoms with Crippen LogP contribution in [0.15, 0.2) is 52.5 Å². The largest absolute Gasteiger partial charge is 0.410 e. The van der Waals surface area contributed by atoms with E-state index in [1.54, 1.807) is 0 Å². The monoisotopic (exact) mass is 349 g/mol. The lowest BCUT2D eigenvalue weighted by Crippen LogP contribution is -2.24. The molecule has 0 unspecified atom stereocenters. The summed E-state index contributed by atoms with van der Waals surface area (Å²) in [4.78, 5) is 27.9. The first-order valence-corrected chi connectivity index (χ1v) is 8.21. The molecule has 2 rings (SSSR count). The Morgan fingerprint density at radius 1 is 1.17 bits per heavy atom. The molecule has 2 amide bonds. The highest BCUT2D eigenvalue weighted by atomic mass is 32.2. The molecule has 0 aliphatic heterocycles. The van der Waals surface area contributed by atoms with E-state index in [4.69, 9.17) is 5.73 Å². The van der Waals surface area contributed by atoms with Gasteiger partial charge in [0.25, 0.3) is 5.91 Å². The van der Waals surface area contributed by atoms with Crippen molar-refractivity contribution in [3.63, 3.8) is 0 Å². The molecule has 0 atom stereocenters. The van der Waals surface area contributed by atoms with Crippen molar-refractivity contribution in [2.45, 2.75) is 9.92 Å². The Bertz CT molecular complexity index is 893. The fraction of sp³-hybridized carbons (Fsp3) is 0.133. The molecule has 1 heterocycles. The molecule has 1 aromatic carbocycles. The van der Waals surface area contributed by atoms with E-state index < -0.39 is 21.8 Å². The van der Waals surface area contributed by atoms with Gasteiger partial charge < -0.3 is 15.4 Å². The number of benzene rings is 1. The highest BCUT2D eigenvalue weighted by Gasteiger charge is 2.27. The zero-order valence-corrected chi connectivity index (χ0v) is 13.8. The molecule has 9 heteroatoms. The summed E-state index contributed by atoms with van der Waals surface area (Å²) in [6.07, 6.45) is 0.217. The van der Waals surface area contributed by atoms with Crippen LogP contribution in [-0.2, 0) is 9.84 Å². The van der Waals surface area contributed by atoms with Crippen molar-refractivity contribution in [2.75, 3.05) is 14.1 Å². The summed E-state index contributed by atoms with van der Waals surface area (Å²) in [5.74, 6) is -0.522. The van der Waals surface area contributed by atoms with Crippen LogP contribution in [0.5, 0.6) is 5.75 Å². The van der Waals surface area contributed by atoms with E-state index in [-0.39, 0.29) is 21.2 Å². The Morgan fingerprint density at radius 2 is 1.88 bits per heavy atom. The fourth-order valence-electron chi connectivity index (χ4n) is 1.94. The molecule has 2 N–H and O–H groups in total. The van der Waals surface area contributed by atoms with Crippen molar-refractivity contribution in [1.82, 2.24) is 9.88 Å². The van der Waals surface area contributed by atoms with Crippen molar-refractivity contribution < 1.29 is 22.7 Å². The van der Waals surface area contributed by atoms with Crippen molar-refractivity contribution in [3.8, 4) is 5.75 Å². The molecule has 0 saturated carbocycles. The summed E-state index contributed by atoms with van der Waals surface area (Å²) in [6.45, 7) is 0. The van der Waals surface area contributed by atoms with Crippen LogP contribution in [0, 0.1) is 0 Å². The fourth-order valence-corrected chi connectivity index (χ4v) is 3.34. The van der Waals surface area contributed by atoms with Crippen molar-refractivity contribution in [3.05, 3.63) is 48.2 Å². The number of nitrogens with two attached hydrogens (primary N) is 1. The number of nitrogens with zero attached hydrogens (tertiary/aromatic N) is 2. The van der Waals surface area contributed by atoms with Crippen LogP contribution < -0.4 is 10.5 Å². The second-order valence-corrected chi connectivity index (χ2v) is 6.82. The number of rotatable bonds is 4. The molecule has 24 heavy (non-hydrogen) atoms. The maximum Gasteiger partial charge on any atom is 0.409 e. The average molecular weight is 349 g/mol. The molecule has 0 aliphatic rings. The van der Waals surface area contributed by atoms with Gasteiger partial charge in [-0.3, -0.25) is 4.79 Å². The van der Waals surface area contributed by atoms with Gasteiger partial charge in [-0.05, 0) is 24.3 Å². The Morgan fingerprint density at radius 3 is 2.50 bits per heavy atom. The number of primary amides is 1. The molecular formula is C15H15N3O5S. The highest BCUT2D eigenvalue weighted by molar-refractivity contribution is 7.91. The predicted octanol–water partition coefficient (Wildman–Crippen LogP) is 1.07. The van der Waals surface area contributed by atoms with E-state index in [2.05, 4.69) is 9.72 Å². The number of aromatic nitrogens is 1. The SMILES string of the molecule is CN(C)C(=O)c1cccnc1S(=O)(=O)c1cccc(OC(N)=O)c1. The molecule has 0 fully saturated rings. The maximum atomic E-state index is 12.8. The van der Waals surface area contributed by atoms with E-state index >= 15 is 0 Å². The van der Waals surface area contributed by atoms with Crippen molar-refractivity contribution >= 4 is 21.8 Å². The molecule has 0 saturated heterocycles. The van der Waals surface area contributed by atoms with E-state index in [1.807, 2.05) is 0 Å². The smallest absolute Gasteiger partial charge is 0.409 e. The molecule has 0 bridgehead atoms. The lowest BCUT2D eigenvalue weighted by Gasteiger charge is -2.13. The normalized spacial score (nSPS) is 10.9. The number of sulfone groups is 1. The molecule has 126 valence electrons. The third kappa shape index (κ3) is 3.51. The Balaban J connectivity index is 2.56. The van der Waals surface area contributed by atoms with Crippen molar-refractivity contribution in [2.24, 2.45) is 5.73 Å². The summed E-state index contributed by atoms with van der Waals surface area (Å²) >= 11 is 0. The quantitative estimate of drug-likeness (QED) is 0.882. The molecule has 2 aromatic rings. The van der Waals surface area contributed by atoms with Gasteiger partial charge in [0.05, 0.1) is 10.5 Å². The second-order valence-electron chi connectivity index (χ2n) is 4.96. The van der Waals surface area contributed by atoms with Gasteiger partial charge >= 0.3 is 6.09 Å². The molecule has 1 aromatic heterocycles. The Labute approximate surface area is 138 Å². The van der Waals surface area contributed by atoms with Crippen LogP contribution in [0.3, 0.4) is 0 Å². The minimum absolute atomic E-state index is 0.0278. The molecular weight excluding hydrogens is 334 g/mol. The van der Waals surface area contributed by atoms with Gasteiger partial charge in [-0.1, -0.05) is 6.07 Å². The van der Waals surface area contributed by atoms with Gasteiger partial charge in [-0.25, -0.2) is 18.2 Å². The number of amides is 2. The van der Waals surface area contributed by atoms with E-state index in [0.29, 0.717) is 0 Å².